The summed E-state index contributed by atoms with van der Waals surface area (Å²) < 4.78 is 0. The van der Waals surface area contributed by atoms with E-state index >= 15 is 0 Å². The molecule has 19 heavy (non-hydrogen) atoms. The van der Waals surface area contributed by atoms with Crippen molar-refractivity contribution < 1.29 is 9.90 Å². The summed E-state index contributed by atoms with van der Waals surface area (Å²) in [6.45, 7) is 3.09. The van der Waals surface area contributed by atoms with E-state index in [2.05, 4.69) is 17.2 Å². The maximum Gasteiger partial charge on any atom is 0.337 e. The van der Waals surface area contributed by atoms with Crippen LogP contribution in [0.2, 0.25) is 0 Å². The molecule has 4 N–H and O–H groups in total. The van der Waals surface area contributed by atoms with E-state index in [9.17, 15) is 4.79 Å². The van der Waals surface area contributed by atoms with Crippen LogP contribution in [0.5, 0.6) is 0 Å². The Bertz CT molecular complexity index is 462. The number of aromatic carboxylic acids is 1. The Kier molecular flexibility index (Phi) is 4.24. The molecule has 1 fully saturated rings. The average Bonchev–Trinajstić information content (AvgIpc) is 2.37. The lowest BCUT2D eigenvalue weighted by molar-refractivity contribution is 0.0698. The third-order valence-electron chi connectivity index (χ3n) is 3.82. The summed E-state index contributed by atoms with van der Waals surface area (Å²) in [4.78, 5) is 15.1. The number of hydrogen-bond acceptors (Lipinski definition) is 4. The molecule has 1 saturated carbocycles. The van der Waals surface area contributed by atoms with Crippen molar-refractivity contribution in [3.8, 4) is 0 Å². The largest absolute Gasteiger partial charge is 0.478 e. The van der Waals surface area contributed by atoms with Crippen molar-refractivity contribution in [1.29, 1.82) is 0 Å². The second kappa shape index (κ2) is 5.91. The van der Waals surface area contributed by atoms with Crippen LogP contribution in [-0.2, 0) is 0 Å². The number of carbonyl (C=O) groups is 1. The lowest BCUT2D eigenvalue weighted by atomic mass is 9.82. The molecule has 5 heteroatoms. The van der Waals surface area contributed by atoms with Crippen LogP contribution >= 0.6 is 0 Å². The number of pyridine rings is 1. The molecule has 1 aromatic heterocycles. The van der Waals surface area contributed by atoms with Crippen LogP contribution in [0.1, 0.15) is 43.0 Å². The highest BCUT2D eigenvalue weighted by atomic mass is 16.4. The molecule has 0 aliphatic heterocycles. The Labute approximate surface area is 113 Å². The highest BCUT2D eigenvalue weighted by Crippen LogP contribution is 2.29. The lowest BCUT2D eigenvalue weighted by Gasteiger charge is -2.27. The van der Waals surface area contributed by atoms with Gasteiger partial charge in [0.25, 0.3) is 0 Å². The van der Waals surface area contributed by atoms with Crippen molar-refractivity contribution in [3.63, 3.8) is 0 Å². The number of aromatic nitrogens is 1. The second-order valence-corrected chi connectivity index (χ2v) is 5.44. The molecule has 5 nitrogen and oxygen atoms in total. The number of nitrogens with zero attached hydrogens (tertiary/aromatic N) is 1. The molecule has 0 spiro atoms. The van der Waals surface area contributed by atoms with E-state index in [0.717, 1.165) is 12.5 Å². The number of rotatable bonds is 4. The first-order valence-corrected chi connectivity index (χ1v) is 6.79. The predicted molar refractivity (Wildman–Crippen MR) is 75.2 cm³/mol. The fourth-order valence-corrected chi connectivity index (χ4v) is 2.79. The fourth-order valence-electron chi connectivity index (χ4n) is 2.79. The fraction of sp³-hybridized carbons (Fsp3) is 0.571. The maximum atomic E-state index is 11.0. The Hall–Kier alpha value is -1.78. The number of hydrogen-bond donors (Lipinski definition) is 3. The van der Waals surface area contributed by atoms with E-state index in [0.29, 0.717) is 11.7 Å². The van der Waals surface area contributed by atoms with E-state index in [1.165, 1.54) is 37.9 Å². The normalized spacial score (nSPS) is 23.0. The van der Waals surface area contributed by atoms with Gasteiger partial charge >= 0.3 is 5.97 Å². The van der Waals surface area contributed by atoms with Crippen LogP contribution in [-0.4, -0.2) is 22.6 Å². The summed E-state index contributed by atoms with van der Waals surface area (Å²) in [6.07, 6.45) is 6.49. The number of nitrogens with two attached hydrogens (primary N) is 1. The summed E-state index contributed by atoms with van der Waals surface area (Å²) in [7, 11) is 0. The summed E-state index contributed by atoms with van der Waals surface area (Å²) >= 11 is 0. The highest BCUT2D eigenvalue weighted by Gasteiger charge is 2.19. The van der Waals surface area contributed by atoms with Gasteiger partial charge in [-0.05, 0) is 30.7 Å². The Morgan fingerprint density at radius 3 is 3.05 bits per heavy atom. The third-order valence-corrected chi connectivity index (χ3v) is 3.82. The van der Waals surface area contributed by atoms with Crippen molar-refractivity contribution in [2.24, 2.45) is 11.8 Å². The monoisotopic (exact) mass is 263 g/mol. The van der Waals surface area contributed by atoms with Gasteiger partial charge in [-0.15, -0.1) is 0 Å². The molecule has 1 aliphatic carbocycles. The van der Waals surface area contributed by atoms with Gasteiger partial charge in [-0.1, -0.05) is 19.8 Å². The van der Waals surface area contributed by atoms with Crippen LogP contribution < -0.4 is 11.1 Å². The third kappa shape index (κ3) is 3.36. The molecule has 0 radical (unpaired) electrons. The summed E-state index contributed by atoms with van der Waals surface area (Å²) in [6, 6.07) is 1.42. The zero-order chi connectivity index (χ0) is 13.8. The molecule has 104 valence electrons. The van der Waals surface area contributed by atoms with E-state index < -0.39 is 5.97 Å². The number of nitrogen functional groups attached to an aromatic ring is 1. The molecule has 0 saturated heterocycles. The SMILES string of the molecule is CC1CCCC(CNc2nccc(C(=O)O)c2N)C1. The predicted octanol–water partition coefficient (Wildman–Crippen LogP) is 2.60. The van der Waals surface area contributed by atoms with Gasteiger partial charge in [0.05, 0.1) is 11.3 Å². The van der Waals surface area contributed by atoms with Crippen LogP contribution in [0.25, 0.3) is 0 Å². The molecule has 0 amide bonds. The standard InChI is InChI=1S/C14H21N3O2/c1-9-3-2-4-10(7-9)8-17-13-12(15)11(14(18)19)5-6-16-13/h5-6,9-10H,2-4,7-8,15H2,1H3,(H,16,17)(H,18,19). The number of carboxylic acid groups (broad SMARTS) is 1. The highest BCUT2D eigenvalue weighted by molar-refractivity contribution is 5.96. The van der Waals surface area contributed by atoms with Crippen LogP contribution in [0.15, 0.2) is 12.3 Å². The van der Waals surface area contributed by atoms with Crippen LogP contribution in [0.4, 0.5) is 11.5 Å². The average molecular weight is 263 g/mol. The second-order valence-electron chi connectivity index (χ2n) is 5.44. The van der Waals surface area contributed by atoms with Crippen LogP contribution in [0, 0.1) is 11.8 Å². The molecule has 2 rings (SSSR count). The van der Waals surface area contributed by atoms with Gasteiger partial charge in [-0.3, -0.25) is 0 Å². The smallest absolute Gasteiger partial charge is 0.337 e. The minimum absolute atomic E-state index is 0.106. The van der Waals surface area contributed by atoms with E-state index in [4.69, 9.17) is 10.8 Å². The van der Waals surface area contributed by atoms with Crippen molar-refractivity contribution in [2.75, 3.05) is 17.6 Å². The molecule has 1 aromatic rings. The molecule has 1 aliphatic rings. The van der Waals surface area contributed by atoms with Crippen molar-refractivity contribution in [2.45, 2.75) is 32.6 Å². The first-order chi connectivity index (χ1) is 9.08. The summed E-state index contributed by atoms with van der Waals surface area (Å²) in [5.74, 6) is 0.863. The van der Waals surface area contributed by atoms with Gasteiger partial charge in [0.1, 0.15) is 5.82 Å². The van der Waals surface area contributed by atoms with Crippen molar-refractivity contribution >= 4 is 17.5 Å². The zero-order valence-corrected chi connectivity index (χ0v) is 11.2. The first kappa shape index (κ1) is 13.6. The van der Waals surface area contributed by atoms with Gasteiger partial charge < -0.3 is 16.2 Å². The van der Waals surface area contributed by atoms with Crippen molar-refractivity contribution in [1.82, 2.24) is 4.98 Å². The van der Waals surface area contributed by atoms with Crippen LogP contribution in [0.3, 0.4) is 0 Å². The quantitative estimate of drug-likeness (QED) is 0.777. The summed E-state index contributed by atoms with van der Waals surface area (Å²) in [5, 5.41) is 12.2. The maximum absolute atomic E-state index is 11.0. The van der Waals surface area contributed by atoms with Gasteiger partial charge in [-0.25, -0.2) is 9.78 Å². The topological polar surface area (TPSA) is 88.2 Å². The minimum atomic E-state index is -1.02. The summed E-state index contributed by atoms with van der Waals surface area (Å²) in [5.41, 5.74) is 6.15. The van der Waals surface area contributed by atoms with Gasteiger partial charge in [0, 0.05) is 12.7 Å². The molecule has 2 atom stereocenters. The van der Waals surface area contributed by atoms with Gasteiger partial charge in [-0.2, -0.15) is 0 Å². The molecule has 1 heterocycles. The molecular weight excluding hydrogens is 242 g/mol. The Balaban J connectivity index is 1.99. The lowest BCUT2D eigenvalue weighted by Crippen LogP contribution is -2.22. The molecule has 0 aromatic carbocycles. The minimum Gasteiger partial charge on any atom is -0.478 e. The Morgan fingerprint density at radius 2 is 2.37 bits per heavy atom. The number of anilines is 2. The van der Waals surface area contributed by atoms with Gasteiger partial charge in [0.15, 0.2) is 0 Å². The van der Waals surface area contributed by atoms with Crippen molar-refractivity contribution in [3.05, 3.63) is 17.8 Å². The van der Waals surface area contributed by atoms with E-state index in [1.54, 1.807) is 0 Å². The molecule has 0 bridgehead atoms. The van der Waals surface area contributed by atoms with E-state index in [1.807, 2.05) is 0 Å². The number of carboxylic acids is 1. The zero-order valence-electron chi connectivity index (χ0n) is 11.2. The first-order valence-electron chi connectivity index (χ1n) is 6.79. The van der Waals surface area contributed by atoms with E-state index in [-0.39, 0.29) is 11.3 Å². The van der Waals surface area contributed by atoms with Gasteiger partial charge in [0.2, 0.25) is 0 Å². The molecular formula is C14H21N3O2. The Morgan fingerprint density at radius 1 is 1.58 bits per heavy atom. The number of nitrogens with one attached hydrogen (secondary N) is 1. The molecule has 2 unspecified atom stereocenters.